The second-order valence-corrected chi connectivity index (χ2v) is 35.3. The Hall–Kier alpha value is -15.9. The van der Waals surface area contributed by atoms with Crippen LogP contribution in [0, 0.1) is 6.92 Å². The quantitative estimate of drug-likeness (QED) is 0.135. The summed E-state index contributed by atoms with van der Waals surface area (Å²) in [5, 5.41) is 34.1. The second-order valence-electron chi connectivity index (χ2n) is 35.3. The molecule has 27 aromatic rings. The maximum atomic E-state index is 2.38. The predicted molar refractivity (Wildman–Crippen MR) is 542 cm³/mol. The maximum Gasteiger partial charge on any atom is 0.0541 e. The van der Waals surface area contributed by atoms with Crippen LogP contribution >= 0.6 is 0 Å². The minimum Gasteiger partial charge on any atom is -0.309 e. The van der Waals surface area contributed by atoms with Crippen molar-refractivity contribution in [3.63, 3.8) is 0 Å². The smallest absolute Gasteiger partial charge is 0.0541 e. The molecule has 0 bridgehead atoms. The van der Waals surface area contributed by atoms with Crippen molar-refractivity contribution in [1.82, 2.24) is 13.7 Å². The molecule has 3 heterocycles. The van der Waals surface area contributed by atoms with E-state index in [2.05, 4.69) is 472 Å². The minimum atomic E-state index is 0.0911. The highest BCUT2D eigenvalue weighted by Crippen LogP contribution is 2.49. The summed E-state index contributed by atoms with van der Waals surface area (Å²) in [6.07, 6.45) is 0. The monoisotopic (exact) mass is 1600 g/mol. The molecule has 0 aliphatic heterocycles. The van der Waals surface area contributed by atoms with Crippen molar-refractivity contribution in [3.05, 3.63) is 442 Å². The Labute approximate surface area is 729 Å². The highest BCUT2D eigenvalue weighted by Gasteiger charge is 2.24. The van der Waals surface area contributed by atoms with Crippen molar-refractivity contribution in [3.8, 4) is 72.7 Å². The molecule has 0 saturated carbocycles. The first-order chi connectivity index (χ1) is 62.1. The van der Waals surface area contributed by atoms with Gasteiger partial charge in [0.25, 0.3) is 0 Å². The largest absolute Gasteiger partial charge is 0.309 e. The van der Waals surface area contributed by atoms with Gasteiger partial charge in [-0.3, -0.25) is 0 Å². The molecule has 0 saturated heterocycles. The van der Waals surface area contributed by atoms with E-state index >= 15 is 0 Å². The van der Waals surface area contributed by atoms with E-state index < -0.39 is 0 Å². The molecule has 0 unspecified atom stereocenters. The molecule has 0 spiro atoms. The van der Waals surface area contributed by atoms with E-state index in [9.17, 15) is 0 Å². The second kappa shape index (κ2) is 28.6. The van der Waals surface area contributed by atoms with Crippen LogP contribution in [0.5, 0.6) is 0 Å². The number of hydrogen-bond acceptors (Lipinski definition) is 0. The van der Waals surface area contributed by atoms with Crippen molar-refractivity contribution in [2.45, 2.75) is 33.1 Å². The van der Waals surface area contributed by atoms with Crippen molar-refractivity contribution in [2.24, 2.45) is 0 Å². The van der Waals surface area contributed by atoms with Crippen molar-refractivity contribution >= 4 is 173 Å². The lowest BCUT2D eigenvalue weighted by atomic mass is 9.80. The van der Waals surface area contributed by atoms with Gasteiger partial charge in [0, 0.05) is 49.4 Å². The summed E-state index contributed by atoms with van der Waals surface area (Å²) in [6.45, 7) is 9.07. The van der Waals surface area contributed by atoms with Gasteiger partial charge in [0.2, 0.25) is 0 Å². The van der Waals surface area contributed by atoms with Gasteiger partial charge >= 0.3 is 0 Å². The topological polar surface area (TPSA) is 14.8 Å². The van der Waals surface area contributed by atoms with Gasteiger partial charge in [0.1, 0.15) is 0 Å². The third kappa shape index (κ3) is 11.4. The molecule has 0 fully saturated rings. The Kier molecular flexibility index (Phi) is 16.5. The summed E-state index contributed by atoms with van der Waals surface area (Å²) in [5.41, 5.74) is 26.4. The van der Waals surface area contributed by atoms with Crippen molar-refractivity contribution < 1.29 is 0 Å². The lowest BCUT2D eigenvalue weighted by Gasteiger charge is -2.23. The third-order valence-corrected chi connectivity index (χ3v) is 27.3. The first-order valence-electron chi connectivity index (χ1n) is 44.0. The molecule has 0 atom stereocenters. The zero-order valence-electron chi connectivity index (χ0n) is 70.3. The van der Waals surface area contributed by atoms with Gasteiger partial charge in [-0.1, -0.05) is 384 Å². The fraction of sp³-hybridized carbons (Fsp3) is 0.0407. The molecule has 3 nitrogen and oxygen atoms in total. The summed E-state index contributed by atoms with van der Waals surface area (Å²) < 4.78 is 7.14. The Morgan fingerprint density at radius 1 is 0.159 bits per heavy atom. The Morgan fingerprint density at radius 3 is 0.706 bits per heavy atom. The van der Waals surface area contributed by atoms with E-state index in [0.29, 0.717) is 0 Å². The highest BCUT2D eigenvalue weighted by molar-refractivity contribution is 6.31. The fourth-order valence-electron chi connectivity index (χ4n) is 21.5. The molecule has 0 aliphatic carbocycles. The molecule has 0 N–H and O–H groups in total. The van der Waals surface area contributed by atoms with E-state index in [4.69, 9.17) is 0 Å². The standard InChI is InChI=1S/C44H27N.C41H27N.C38H29N/c1-2-10-33-28(8-1)9-7-13-35(33)36-25-21-31-17-16-30-20-24-34(39-26-27-40(36)44(31)43(30)39)29-18-22-32(23-19-29)45-41-14-5-3-11-37(41)38-12-4-6-15-42(38)45;1-26-10-12-27(13-11-26)32-22-18-29-14-15-30-19-23-33(37-25-24-36(32)40(29)41(30)37)28-16-20-31(21-17-28)42-38-8-4-2-6-34(38)35-7-3-5-9-39(35)42;1-38(2,3)33-23-17-26-13-12-25-16-20-28(31-21-22-32(33)37(26)36(25)31)24-14-18-27(19-15-24)39-34-10-6-4-8-29(34)30-9-5-7-11-35(30)39/h1-27H;2-25H,1H3;4-23H,1-3H3. The highest BCUT2D eigenvalue weighted by atomic mass is 15.0. The van der Waals surface area contributed by atoms with E-state index in [0.717, 1.165) is 0 Å². The lowest BCUT2D eigenvalue weighted by molar-refractivity contribution is 0.596. The van der Waals surface area contributed by atoms with Gasteiger partial charge in [-0.05, 0) is 254 Å². The first-order valence-corrected chi connectivity index (χ1v) is 44.0. The van der Waals surface area contributed by atoms with Gasteiger partial charge in [-0.2, -0.15) is 0 Å². The van der Waals surface area contributed by atoms with Crippen LogP contribution in [-0.4, -0.2) is 13.7 Å². The van der Waals surface area contributed by atoms with Crippen LogP contribution in [-0.2, 0) is 5.41 Å². The van der Waals surface area contributed by atoms with Crippen LogP contribution in [0.15, 0.2) is 431 Å². The van der Waals surface area contributed by atoms with Gasteiger partial charge in [0.15, 0.2) is 0 Å². The third-order valence-electron chi connectivity index (χ3n) is 27.3. The molecule has 590 valence electrons. The van der Waals surface area contributed by atoms with Crippen LogP contribution in [0.3, 0.4) is 0 Å². The molecule has 0 radical (unpaired) electrons. The molecule has 126 heavy (non-hydrogen) atoms. The Balaban J connectivity index is 0.000000103. The Bertz CT molecular complexity index is 8870. The number of benzene rings is 24. The summed E-state index contributed by atoms with van der Waals surface area (Å²) in [5.74, 6) is 0. The average molecular weight is 1600 g/mol. The molecule has 0 amide bonds. The van der Waals surface area contributed by atoms with Gasteiger partial charge in [0.05, 0.1) is 33.1 Å². The SMILES string of the molecule is CC(C)(C)c1ccc2ccc3ccc(-c4ccc(-n5c6ccccc6c6ccccc65)cc4)c4ccc1c2c34.Cc1ccc(-c2ccc3ccc4ccc(-c5ccc(-n6c7ccccc7c7ccccc76)cc5)c5ccc2c3c45)cc1.c1ccc2c(-c3ccc4ccc5ccc(-c6ccc(-n7c8ccccc8c8ccccc87)cc6)c6ccc3c4c56)cccc2c1. The normalized spacial score (nSPS) is 12.1. The Morgan fingerprint density at radius 2 is 0.389 bits per heavy atom. The van der Waals surface area contributed by atoms with Gasteiger partial charge in [-0.15, -0.1) is 0 Å². The molecule has 24 aromatic carbocycles. The van der Waals surface area contributed by atoms with Crippen LogP contribution < -0.4 is 0 Å². The van der Waals surface area contributed by atoms with Crippen molar-refractivity contribution in [2.75, 3.05) is 0 Å². The first kappa shape index (κ1) is 72.8. The lowest BCUT2D eigenvalue weighted by Crippen LogP contribution is -2.11. The fourth-order valence-corrected chi connectivity index (χ4v) is 21.5. The zero-order chi connectivity index (χ0) is 83.6. The summed E-state index contributed by atoms with van der Waals surface area (Å²) >= 11 is 0. The summed E-state index contributed by atoms with van der Waals surface area (Å²) in [7, 11) is 0. The van der Waals surface area contributed by atoms with E-state index in [1.165, 1.54) is 257 Å². The number of para-hydroxylation sites is 6. The zero-order valence-corrected chi connectivity index (χ0v) is 70.3. The number of hydrogen-bond donors (Lipinski definition) is 0. The van der Waals surface area contributed by atoms with Gasteiger partial charge < -0.3 is 13.7 Å². The average Bonchev–Trinajstić information content (AvgIpc) is 0.986. The van der Waals surface area contributed by atoms with E-state index in [-0.39, 0.29) is 5.41 Å². The predicted octanol–water partition coefficient (Wildman–Crippen LogP) is 34.1. The number of aromatic nitrogens is 3. The number of rotatable bonds is 8. The summed E-state index contributed by atoms with van der Waals surface area (Å²) in [6, 6.07) is 159. The minimum absolute atomic E-state index is 0.0911. The number of fused-ring (bicyclic) bond motifs is 10. The molecule has 3 aromatic heterocycles. The number of nitrogens with zero attached hydrogens (tertiary/aromatic N) is 3. The van der Waals surface area contributed by atoms with E-state index in [1.54, 1.807) is 0 Å². The van der Waals surface area contributed by atoms with Crippen LogP contribution in [0.1, 0.15) is 31.9 Å². The number of aryl methyl sites for hydroxylation is 1. The van der Waals surface area contributed by atoms with Crippen LogP contribution in [0.2, 0.25) is 0 Å². The van der Waals surface area contributed by atoms with Crippen LogP contribution in [0.4, 0.5) is 0 Å². The molecular formula is C123H83N3. The maximum absolute atomic E-state index is 2.38. The van der Waals surface area contributed by atoms with Crippen molar-refractivity contribution in [1.29, 1.82) is 0 Å². The van der Waals surface area contributed by atoms with Crippen LogP contribution in [0.25, 0.3) is 246 Å². The summed E-state index contributed by atoms with van der Waals surface area (Å²) in [4.78, 5) is 0. The molecular weight excluding hydrogens is 1520 g/mol. The van der Waals surface area contributed by atoms with Gasteiger partial charge in [-0.25, -0.2) is 0 Å². The molecule has 0 aliphatic rings. The van der Waals surface area contributed by atoms with E-state index in [1.807, 2.05) is 0 Å². The molecule has 3 heteroatoms. The molecule has 27 rings (SSSR count).